The van der Waals surface area contributed by atoms with Gasteiger partial charge in [0.25, 0.3) is 0 Å². The van der Waals surface area contributed by atoms with Gasteiger partial charge in [-0.05, 0) is 13.0 Å². The maximum absolute atomic E-state index is 6.21. The van der Waals surface area contributed by atoms with Gasteiger partial charge in [0.15, 0.2) is 0 Å². The van der Waals surface area contributed by atoms with E-state index in [0.29, 0.717) is 12.1 Å². The number of piperidine rings is 1. The van der Waals surface area contributed by atoms with Crippen molar-refractivity contribution >= 4 is 0 Å². The highest BCUT2D eigenvalue weighted by atomic mass is 15.4. The molecule has 16 heavy (non-hydrogen) atoms. The zero-order chi connectivity index (χ0) is 11.0. The Labute approximate surface area is 97.3 Å². The first-order valence-electron chi connectivity index (χ1n) is 6.50. The Kier molecular flexibility index (Phi) is 3.13. The topological polar surface area (TPSA) is 56.6 Å². The molecule has 0 radical (unpaired) electrons. The number of nitrogens with two attached hydrogens (primary N) is 1. The van der Waals surface area contributed by atoms with Gasteiger partial charge in [0.2, 0.25) is 0 Å². The fourth-order valence-electron chi connectivity index (χ4n) is 3.32. The summed E-state index contributed by atoms with van der Waals surface area (Å²) >= 11 is 0. The van der Waals surface area contributed by atoms with Crippen molar-refractivity contribution in [1.29, 1.82) is 0 Å². The average molecular weight is 225 g/mol. The minimum Gasteiger partial charge on any atom is -0.325 e. The average Bonchev–Trinajstić information content (AvgIpc) is 2.76. The van der Waals surface area contributed by atoms with E-state index >= 15 is 0 Å². The molecule has 3 heterocycles. The molecule has 0 spiro atoms. The van der Waals surface area contributed by atoms with Gasteiger partial charge in [-0.3, -0.25) is 9.80 Å². The Morgan fingerprint density at radius 3 is 2.81 bits per heavy atom. The maximum atomic E-state index is 6.21. The van der Waals surface area contributed by atoms with Crippen LogP contribution in [0.3, 0.4) is 0 Å². The lowest BCUT2D eigenvalue weighted by Gasteiger charge is -2.44. The normalized spacial score (nSPS) is 42.2. The quantitative estimate of drug-likeness (QED) is 0.493. The van der Waals surface area contributed by atoms with Crippen LogP contribution >= 0.6 is 0 Å². The van der Waals surface area contributed by atoms with Crippen LogP contribution < -0.4 is 16.4 Å². The van der Waals surface area contributed by atoms with E-state index in [2.05, 4.69) is 20.4 Å². The van der Waals surface area contributed by atoms with E-state index in [1.54, 1.807) is 0 Å². The molecule has 0 aliphatic carbocycles. The molecular formula is C11H23N5. The molecule has 0 aromatic rings. The van der Waals surface area contributed by atoms with E-state index in [4.69, 9.17) is 5.73 Å². The van der Waals surface area contributed by atoms with Gasteiger partial charge in [0.1, 0.15) is 0 Å². The summed E-state index contributed by atoms with van der Waals surface area (Å²) in [5.41, 5.74) is 6.21. The predicted molar refractivity (Wildman–Crippen MR) is 64.2 cm³/mol. The fraction of sp³-hybridized carbons (Fsp3) is 1.00. The number of nitrogens with one attached hydrogen (secondary N) is 2. The van der Waals surface area contributed by atoms with Gasteiger partial charge in [0, 0.05) is 57.5 Å². The Morgan fingerprint density at radius 1 is 1.06 bits per heavy atom. The number of piperazine rings is 1. The first-order chi connectivity index (χ1) is 7.84. The van der Waals surface area contributed by atoms with Gasteiger partial charge in [-0.1, -0.05) is 0 Å². The minimum absolute atomic E-state index is 0.315. The van der Waals surface area contributed by atoms with Crippen molar-refractivity contribution in [2.24, 2.45) is 5.73 Å². The minimum atomic E-state index is 0.315. The van der Waals surface area contributed by atoms with Gasteiger partial charge >= 0.3 is 0 Å². The Morgan fingerprint density at radius 2 is 1.94 bits per heavy atom. The van der Waals surface area contributed by atoms with Crippen LogP contribution in [0.4, 0.5) is 0 Å². The van der Waals surface area contributed by atoms with Crippen molar-refractivity contribution in [3.05, 3.63) is 0 Å². The third kappa shape index (κ3) is 1.98. The van der Waals surface area contributed by atoms with Crippen LogP contribution in [0.5, 0.6) is 0 Å². The molecule has 2 unspecified atom stereocenters. The van der Waals surface area contributed by atoms with Crippen LogP contribution in [0.15, 0.2) is 0 Å². The summed E-state index contributed by atoms with van der Waals surface area (Å²) in [6.07, 6.45) is 1.21. The number of hydrogen-bond acceptors (Lipinski definition) is 5. The van der Waals surface area contributed by atoms with Crippen molar-refractivity contribution in [1.82, 2.24) is 20.4 Å². The Bertz CT molecular complexity index is 247. The lowest BCUT2D eigenvalue weighted by Crippen LogP contribution is -2.62. The summed E-state index contributed by atoms with van der Waals surface area (Å²) in [7, 11) is 0. The van der Waals surface area contributed by atoms with Crippen LogP contribution in [0.25, 0.3) is 0 Å². The maximum Gasteiger partial charge on any atom is 0.0485 e. The molecule has 0 aromatic carbocycles. The monoisotopic (exact) mass is 225 g/mol. The van der Waals surface area contributed by atoms with Crippen molar-refractivity contribution < 1.29 is 0 Å². The standard InChI is InChI=1S/C11H23N5/c12-10-6-13-2-1-11(10)15-3-4-16-8-14-5-9(16)7-15/h9-11,13-14H,1-8,12H2/t9-,10?,11?/m0/s1. The second-order valence-electron chi connectivity index (χ2n) is 5.30. The second kappa shape index (κ2) is 4.58. The molecule has 0 amide bonds. The summed E-state index contributed by atoms with van der Waals surface area (Å²) in [5.74, 6) is 0. The van der Waals surface area contributed by atoms with Crippen LogP contribution in [0, 0.1) is 0 Å². The number of hydrogen-bond donors (Lipinski definition) is 3. The van der Waals surface area contributed by atoms with E-state index in [1.807, 2.05) is 0 Å². The predicted octanol–water partition coefficient (Wildman–Crippen LogP) is -1.78. The van der Waals surface area contributed by atoms with E-state index < -0.39 is 0 Å². The third-order valence-corrected chi connectivity index (χ3v) is 4.29. The van der Waals surface area contributed by atoms with Gasteiger partial charge in [-0.25, -0.2) is 0 Å². The van der Waals surface area contributed by atoms with Crippen LogP contribution in [0.2, 0.25) is 0 Å². The first kappa shape index (κ1) is 10.9. The van der Waals surface area contributed by atoms with Gasteiger partial charge in [0.05, 0.1) is 0 Å². The highest BCUT2D eigenvalue weighted by Gasteiger charge is 2.35. The number of rotatable bonds is 1. The molecular weight excluding hydrogens is 202 g/mol. The molecule has 3 fully saturated rings. The molecule has 4 N–H and O–H groups in total. The molecule has 5 nitrogen and oxygen atoms in total. The number of nitrogens with zero attached hydrogens (tertiary/aromatic N) is 2. The summed E-state index contributed by atoms with van der Waals surface area (Å²) in [5, 5.41) is 6.83. The van der Waals surface area contributed by atoms with E-state index in [-0.39, 0.29) is 0 Å². The lowest BCUT2D eigenvalue weighted by atomic mass is 9.98. The largest absolute Gasteiger partial charge is 0.325 e. The highest BCUT2D eigenvalue weighted by Crippen LogP contribution is 2.18. The zero-order valence-corrected chi connectivity index (χ0v) is 9.86. The molecule has 92 valence electrons. The summed E-state index contributed by atoms with van der Waals surface area (Å²) in [6, 6.07) is 1.63. The summed E-state index contributed by atoms with van der Waals surface area (Å²) in [6.45, 7) is 7.93. The van der Waals surface area contributed by atoms with Gasteiger partial charge in [-0.15, -0.1) is 0 Å². The molecule has 3 rings (SSSR count). The smallest absolute Gasteiger partial charge is 0.0485 e. The molecule has 5 heteroatoms. The van der Waals surface area contributed by atoms with Crippen molar-refractivity contribution in [3.63, 3.8) is 0 Å². The van der Waals surface area contributed by atoms with Crippen LogP contribution in [-0.2, 0) is 0 Å². The summed E-state index contributed by atoms with van der Waals surface area (Å²) in [4.78, 5) is 5.18. The van der Waals surface area contributed by atoms with E-state index in [9.17, 15) is 0 Å². The van der Waals surface area contributed by atoms with Crippen LogP contribution in [0.1, 0.15) is 6.42 Å². The van der Waals surface area contributed by atoms with Crippen LogP contribution in [-0.4, -0.2) is 73.9 Å². The first-order valence-corrected chi connectivity index (χ1v) is 6.50. The zero-order valence-electron chi connectivity index (χ0n) is 9.86. The molecule has 3 saturated heterocycles. The van der Waals surface area contributed by atoms with Gasteiger partial charge < -0.3 is 16.4 Å². The number of fused-ring (bicyclic) bond motifs is 1. The molecule has 3 aliphatic heterocycles. The van der Waals surface area contributed by atoms with Crippen molar-refractivity contribution in [3.8, 4) is 0 Å². The fourth-order valence-corrected chi connectivity index (χ4v) is 3.32. The van der Waals surface area contributed by atoms with Crippen molar-refractivity contribution in [2.45, 2.75) is 24.5 Å². The molecule has 0 bridgehead atoms. The molecule has 3 aliphatic rings. The lowest BCUT2D eigenvalue weighted by molar-refractivity contribution is 0.0552. The molecule has 3 atom stereocenters. The van der Waals surface area contributed by atoms with E-state index in [1.165, 1.54) is 26.1 Å². The molecule has 0 saturated carbocycles. The van der Waals surface area contributed by atoms with E-state index in [0.717, 1.165) is 32.3 Å². The SMILES string of the molecule is NC1CNCCC1N1CCN2CNC[C@H]2C1. The summed E-state index contributed by atoms with van der Waals surface area (Å²) < 4.78 is 0. The molecule has 0 aromatic heterocycles. The van der Waals surface area contributed by atoms with Crippen molar-refractivity contribution in [2.75, 3.05) is 45.9 Å². The Hall–Kier alpha value is -0.200. The third-order valence-electron chi connectivity index (χ3n) is 4.29. The highest BCUT2D eigenvalue weighted by molar-refractivity contribution is 4.94. The second-order valence-corrected chi connectivity index (χ2v) is 5.30. The Balaban J connectivity index is 1.62. The van der Waals surface area contributed by atoms with Gasteiger partial charge in [-0.2, -0.15) is 0 Å².